The highest BCUT2D eigenvalue weighted by atomic mass is 16.7. The molecule has 10 nitrogen and oxygen atoms in total. The number of benzene rings is 1. The van der Waals surface area contributed by atoms with Gasteiger partial charge < -0.3 is 44.2 Å². The van der Waals surface area contributed by atoms with Crippen molar-refractivity contribution in [3.63, 3.8) is 0 Å². The van der Waals surface area contributed by atoms with Crippen molar-refractivity contribution in [2.45, 2.75) is 69.6 Å². The third-order valence-electron chi connectivity index (χ3n) is 5.88. The zero-order valence-corrected chi connectivity index (χ0v) is 17.3. The van der Waals surface area contributed by atoms with Crippen LogP contribution < -0.4 is 10.2 Å². The van der Waals surface area contributed by atoms with Crippen LogP contribution in [-0.2, 0) is 15.9 Å². The van der Waals surface area contributed by atoms with Crippen LogP contribution in [0.2, 0.25) is 0 Å². The van der Waals surface area contributed by atoms with Crippen molar-refractivity contribution in [2.24, 2.45) is 0 Å². The van der Waals surface area contributed by atoms with Crippen LogP contribution in [0.3, 0.4) is 0 Å². The molecule has 2 aliphatic rings. The van der Waals surface area contributed by atoms with Crippen LogP contribution in [0.4, 0.5) is 0 Å². The summed E-state index contributed by atoms with van der Waals surface area (Å²) in [7, 11) is 0. The fourth-order valence-electron chi connectivity index (χ4n) is 4.05. The Hall–Kier alpha value is -2.21. The van der Waals surface area contributed by atoms with Crippen molar-refractivity contribution in [3.8, 4) is 11.5 Å². The minimum Gasteiger partial charge on any atom is -0.507 e. The summed E-state index contributed by atoms with van der Waals surface area (Å²) in [4.78, 5) is 12.3. The van der Waals surface area contributed by atoms with Crippen molar-refractivity contribution >= 4 is 11.0 Å². The summed E-state index contributed by atoms with van der Waals surface area (Å²) in [5, 5.41) is 50.3. The number of rotatable bonds is 4. The van der Waals surface area contributed by atoms with Gasteiger partial charge in [0.15, 0.2) is 11.7 Å². The largest absolute Gasteiger partial charge is 0.507 e. The van der Waals surface area contributed by atoms with Crippen LogP contribution in [0.5, 0.6) is 11.5 Å². The van der Waals surface area contributed by atoms with Crippen LogP contribution in [0.25, 0.3) is 11.0 Å². The minimum atomic E-state index is -1.57. The highest BCUT2D eigenvalue weighted by Crippen LogP contribution is 2.43. The van der Waals surface area contributed by atoms with Gasteiger partial charge in [0, 0.05) is 24.1 Å². The minimum absolute atomic E-state index is 0.0706. The van der Waals surface area contributed by atoms with Crippen LogP contribution >= 0.6 is 0 Å². The second kappa shape index (κ2) is 7.73. The maximum Gasteiger partial charge on any atom is 0.196 e. The smallest absolute Gasteiger partial charge is 0.196 e. The monoisotopic (exact) mass is 438 g/mol. The van der Waals surface area contributed by atoms with Crippen molar-refractivity contribution < 1.29 is 44.2 Å². The van der Waals surface area contributed by atoms with Gasteiger partial charge >= 0.3 is 0 Å². The number of aryl methyl sites for hydroxylation is 1. The fraction of sp³-hybridized carbons (Fsp3) is 0.571. The molecule has 170 valence electrons. The Morgan fingerprint density at radius 3 is 2.55 bits per heavy atom. The molecule has 1 saturated heterocycles. The molecular weight excluding hydrogens is 412 g/mol. The molecule has 1 aromatic heterocycles. The number of hydrogen-bond acceptors (Lipinski definition) is 10. The zero-order valence-electron chi connectivity index (χ0n) is 17.3. The van der Waals surface area contributed by atoms with Gasteiger partial charge in [-0.1, -0.05) is 0 Å². The molecule has 1 aromatic carbocycles. The maximum absolute atomic E-state index is 12.3. The van der Waals surface area contributed by atoms with E-state index in [1.165, 1.54) is 6.07 Å². The number of aliphatic hydroxyl groups is 4. The van der Waals surface area contributed by atoms with Crippen LogP contribution in [0.1, 0.15) is 25.2 Å². The molecule has 0 bridgehead atoms. The lowest BCUT2D eigenvalue weighted by molar-refractivity contribution is -0.329. The Morgan fingerprint density at radius 2 is 1.87 bits per heavy atom. The summed E-state index contributed by atoms with van der Waals surface area (Å²) in [5.41, 5.74) is -0.827. The van der Waals surface area contributed by atoms with E-state index in [0.29, 0.717) is 17.1 Å². The van der Waals surface area contributed by atoms with Gasteiger partial charge in [-0.25, -0.2) is 0 Å². The number of ether oxygens (including phenoxy) is 3. The van der Waals surface area contributed by atoms with E-state index in [0.717, 1.165) is 0 Å². The lowest BCUT2D eigenvalue weighted by atomic mass is 9.94. The SMILES string of the molecule is Cc1cc(=O)c2c(O)c3c(cc2o1)O[C@@H](C(C)(C)O[C@@H]1O[C@@H](CO)[C@@H](O)[C@@H](O)[C@@H]1O)C3. The Labute approximate surface area is 177 Å². The second-order valence-corrected chi connectivity index (χ2v) is 8.53. The third-order valence-corrected chi connectivity index (χ3v) is 5.88. The van der Waals surface area contributed by atoms with Crippen LogP contribution in [0, 0.1) is 6.92 Å². The normalized spacial score (nSPS) is 30.9. The molecule has 6 atom stereocenters. The highest BCUT2D eigenvalue weighted by molar-refractivity contribution is 5.87. The summed E-state index contributed by atoms with van der Waals surface area (Å²) in [5.74, 6) is 0.527. The molecule has 2 aliphatic heterocycles. The van der Waals surface area contributed by atoms with E-state index in [-0.39, 0.29) is 28.6 Å². The summed E-state index contributed by atoms with van der Waals surface area (Å²) in [6, 6.07) is 2.84. The Bertz CT molecular complexity index is 1040. The van der Waals surface area contributed by atoms with Gasteiger partial charge in [-0.15, -0.1) is 0 Å². The number of aromatic hydroxyl groups is 1. The molecule has 2 aromatic rings. The number of phenols is 1. The molecule has 31 heavy (non-hydrogen) atoms. The van der Waals surface area contributed by atoms with E-state index in [4.69, 9.17) is 18.6 Å². The molecule has 0 unspecified atom stereocenters. The second-order valence-electron chi connectivity index (χ2n) is 8.53. The van der Waals surface area contributed by atoms with Gasteiger partial charge in [-0.05, 0) is 20.8 Å². The molecular formula is C21H26O10. The molecule has 0 aliphatic carbocycles. The zero-order chi connectivity index (χ0) is 22.7. The summed E-state index contributed by atoms with van der Waals surface area (Å²) >= 11 is 0. The predicted molar refractivity (Wildman–Crippen MR) is 106 cm³/mol. The van der Waals surface area contributed by atoms with Crippen LogP contribution in [-0.4, -0.2) is 74.6 Å². The van der Waals surface area contributed by atoms with Gasteiger partial charge in [-0.2, -0.15) is 0 Å². The first kappa shape index (κ1) is 22.0. The van der Waals surface area contributed by atoms with Crippen LogP contribution in [0.15, 0.2) is 21.3 Å². The lowest BCUT2D eigenvalue weighted by Crippen LogP contribution is -2.61. The van der Waals surface area contributed by atoms with E-state index in [2.05, 4.69) is 0 Å². The Morgan fingerprint density at radius 1 is 1.16 bits per heavy atom. The average Bonchev–Trinajstić information content (AvgIpc) is 3.13. The van der Waals surface area contributed by atoms with Crippen molar-refractivity contribution in [1.29, 1.82) is 0 Å². The van der Waals surface area contributed by atoms with E-state index < -0.39 is 49.0 Å². The van der Waals surface area contributed by atoms with Gasteiger partial charge in [0.25, 0.3) is 0 Å². The van der Waals surface area contributed by atoms with Gasteiger partial charge in [-0.3, -0.25) is 4.79 Å². The van der Waals surface area contributed by atoms with E-state index in [9.17, 15) is 30.3 Å². The fourth-order valence-corrected chi connectivity index (χ4v) is 4.05. The molecule has 3 heterocycles. The molecule has 10 heteroatoms. The lowest BCUT2D eigenvalue weighted by Gasteiger charge is -2.43. The molecule has 0 spiro atoms. The standard InChI is InChI=1S/C21H26O10/c1-8-4-10(23)15-12(28-8)6-11-9(16(15)24)5-14(29-11)21(2,3)31-20-19(27)18(26)17(25)13(7-22)30-20/h4,6,13-14,17-20,22,24-27H,5,7H2,1-3H3/t13-,14+,17+,18+,19-,20-/m0/s1. The first-order valence-electron chi connectivity index (χ1n) is 9.97. The summed E-state index contributed by atoms with van der Waals surface area (Å²) in [6.07, 6.45) is -7.49. The Balaban J connectivity index is 1.59. The summed E-state index contributed by atoms with van der Waals surface area (Å²) in [6.45, 7) is 4.41. The first-order valence-corrected chi connectivity index (χ1v) is 9.97. The topological polar surface area (TPSA) is 159 Å². The van der Waals surface area contributed by atoms with E-state index in [1.54, 1.807) is 26.8 Å². The number of fused-ring (bicyclic) bond motifs is 2. The number of hydrogen-bond donors (Lipinski definition) is 5. The number of aliphatic hydroxyl groups excluding tert-OH is 4. The third kappa shape index (κ3) is 3.69. The van der Waals surface area contributed by atoms with Gasteiger partial charge in [0.1, 0.15) is 64.3 Å². The number of phenolic OH excluding ortho intramolecular Hbond substituents is 1. The van der Waals surface area contributed by atoms with Gasteiger partial charge in [0.05, 0.1) is 6.61 Å². The van der Waals surface area contributed by atoms with Crippen molar-refractivity contribution in [1.82, 2.24) is 0 Å². The molecule has 4 rings (SSSR count). The quantitative estimate of drug-likeness (QED) is 0.429. The molecule has 0 radical (unpaired) electrons. The van der Waals surface area contributed by atoms with Crippen molar-refractivity contribution in [3.05, 3.63) is 33.7 Å². The van der Waals surface area contributed by atoms with Crippen molar-refractivity contribution in [2.75, 3.05) is 6.61 Å². The molecule has 1 fully saturated rings. The van der Waals surface area contributed by atoms with Gasteiger partial charge in [0.2, 0.25) is 0 Å². The van der Waals surface area contributed by atoms with E-state index in [1.807, 2.05) is 0 Å². The Kier molecular flexibility index (Phi) is 5.49. The predicted octanol–water partition coefficient (Wildman–Crippen LogP) is -0.294. The van der Waals surface area contributed by atoms with E-state index >= 15 is 0 Å². The molecule has 0 amide bonds. The summed E-state index contributed by atoms with van der Waals surface area (Å²) < 4.78 is 22.8. The first-order chi connectivity index (χ1) is 14.5. The molecule has 0 saturated carbocycles. The maximum atomic E-state index is 12.3. The highest BCUT2D eigenvalue weighted by Gasteiger charge is 2.48. The molecule has 5 N–H and O–H groups in total. The average molecular weight is 438 g/mol.